The van der Waals surface area contributed by atoms with Crippen molar-refractivity contribution in [3.05, 3.63) is 23.8 Å². The SMILES string of the molecule is COc1ccc(OCC2(O)CCCC2)c(CN)c1. The smallest absolute Gasteiger partial charge is 0.124 e. The zero-order valence-corrected chi connectivity index (χ0v) is 10.8. The highest BCUT2D eigenvalue weighted by atomic mass is 16.5. The molecule has 4 heteroatoms. The van der Waals surface area contributed by atoms with Crippen LogP contribution in [-0.2, 0) is 6.54 Å². The maximum Gasteiger partial charge on any atom is 0.124 e. The van der Waals surface area contributed by atoms with Crippen LogP contribution in [0.15, 0.2) is 18.2 Å². The fourth-order valence-electron chi connectivity index (χ4n) is 2.37. The zero-order valence-electron chi connectivity index (χ0n) is 10.8. The van der Waals surface area contributed by atoms with Crippen molar-refractivity contribution in [2.24, 2.45) is 5.73 Å². The van der Waals surface area contributed by atoms with Crippen molar-refractivity contribution in [1.29, 1.82) is 0 Å². The molecular formula is C14H21NO3. The molecule has 0 bridgehead atoms. The molecule has 4 nitrogen and oxygen atoms in total. The zero-order chi connectivity index (χ0) is 13.0. The Balaban J connectivity index is 2.04. The van der Waals surface area contributed by atoms with Gasteiger partial charge in [-0.05, 0) is 31.0 Å². The number of rotatable bonds is 5. The quantitative estimate of drug-likeness (QED) is 0.838. The van der Waals surface area contributed by atoms with Crippen LogP contribution in [0.1, 0.15) is 31.2 Å². The standard InChI is InChI=1S/C14H21NO3/c1-17-12-4-5-13(11(8-12)9-15)18-10-14(16)6-2-3-7-14/h4-5,8,16H,2-3,6-7,9-10,15H2,1H3. The second-order valence-corrected chi connectivity index (χ2v) is 4.90. The first kappa shape index (κ1) is 13.2. The molecule has 1 aromatic carbocycles. The van der Waals surface area contributed by atoms with E-state index in [2.05, 4.69) is 0 Å². The van der Waals surface area contributed by atoms with Gasteiger partial charge in [-0.2, -0.15) is 0 Å². The van der Waals surface area contributed by atoms with Gasteiger partial charge in [-0.25, -0.2) is 0 Å². The Labute approximate surface area is 108 Å². The average molecular weight is 251 g/mol. The summed E-state index contributed by atoms with van der Waals surface area (Å²) in [6, 6.07) is 5.56. The number of methoxy groups -OCH3 is 1. The van der Waals surface area contributed by atoms with Gasteiger partial charge in [0, 0.05) is 12.1 Å². The van der Waals surface area contributed by atoms with E-state index in [1.807, 2.05) is 18.2 Å². The summed E-state index contributed by atoms with van der Waals surface area (Å²) >= 11 is 0. The fourth-order valence-corrected chi connectivity index (χ4v) is 2.37. The van der Waals surface area contributed by atoms with Crippen molar-refractivity contribution in [2.45, 2.75) is 37.8 Å². The Bertz CT molecular complexity index is 400. The van der Waals surface area contributed by atoms with Gasteiger partial charge in [0.25, 0.3) is 0 Å². The highest BCUT2D eigenvalue weighted by Gasteiger charge is 2.32. The van der Waals surface area contributed by atoms with Crippen LogP contribution in [0.3, 0.4) is 0 Å². The Morgan fingerprint density at radius 3 is 2.67 bits per heavy atom. The molecule has 0 heterocycles. The van der Waals surface area contributed by atoms with Crippen molar-refractivity contribution in [1.82, 2.24) is 0 Å². The summed E-state index contributed by atoms with van der Waals surface area (Å²) in [5.74, 6) is 1.50. The average Bonchev–Trinajstić information content (AvgIpc) is 2.83. The molecule has 3 N–H and O–H groups in total. The van der Waals surface area contributed by atoms with Crippen molar-refractivity contribution in [3.8, 4) is 11.5 Å². The predicted molar refractivity (Wildman–Crippen MR) is 69.8 cm³/mol. The van der Waals surface area contributed by atoms with Crippen molar-refractivity contribution >= 4 is 0 Å². The Hall–Kier alpha value is -1.26. The Morgan fingerprint density at radius 1 is 1.33 bits per heavy atom. The van der Waals surface area contributed by atoms with Gasteiger partial charge in [-0.1, -0.05) is 12.8 Å². The topological polar surface area (TPSA) is 64.7 Å². The van der Waals surface area contributed by atoms with Gasteiger partial charge in [-0.3, -0.25) is 0 Å². The summed E-state index contributed by atoms with van der Waals surface area (Å²) < 4.78 is 10.9. The van der Waals surface area contributed by atoms with Gasteiger partial charge in [0.05, 0.1) is 12.7 Å². The van der Waals surface area contributed by atoms with Crippen LogP contribution in [0.4, 0.5) is 0 Å². The molecule has 1 aliphatic carbocycles. The minimum atomic E-state index is -0.661. The van der Waals surface area contributed by atoms with Gasteiger partial charge in [-0.15, -0.1) is 0 Å². The largest absolute Gasteiger partial charge is 0.497 e. The molecule has 0 amide bonds. The first-order valence-electron chi connectivity index (χ1n) is 6.39. The molecular weight excluding hydrogens is 230 g/mol. The predicted octanol–water partition coefficient (Wildman–Crippen LogP) is 1.84. The van der Waals surface area contributed by atoms with E-state index in [0.717, 1.165) is 42.7 Å². The third-order valence-electron chi connectivity index (χ3n) is 3.52. The molecule has 0 unspecified atom stereocenters. The van der Waals surface area contributed by atoms with E-state index in [4.69, 9.17) is 15.2 Å². The number of nitrogens with two attached hydrogens (primary N) is 1. The lowest BCUT2D eigenvalue weighted by Gasteiger charge is -2.23. The van der Waals surface area contributed by atoms with Crippen LogP contribution >= 0.6 is 0 Å². The number of benzene rings is 1. The van der Waals surface area contributed by atoms with E-state index in [1.165, 1.54) is 0 Å². The van der Waals surface area contributed by atoms with Crippen molar-refractivity contribution in [2.75, 3.05) is 13.7 Å². The molecule has 0 saturated heterocycles. The second-order valence-electron chi connectivity index (χ2n) is 4.90. The van der Waals surface area contributed by atoms with Crippen LogP contribution in [-0.4, -0.2) is 24.4 Å². The second kappa shape index (κ2) is 5.59. The van der Waals surface area contributed by atoms with E-state index in [-0.39, 0.29) is 0 Å². The summed E-state index contributed by atoms with van der Waals surface area (Å²) in [5, 5.41) is 10.2. The fraction of sp³-hybridized carbons (Fsp3) is 0.571. The van der Waals surface area contributed by atoms with Crippen LogP contribution in [0.2, 0.25) is 0 Å². The molecule has 0 radical (unpaired) electrons. The summed E-state index contributed by atoms with van der Waals surface area (Å²) in [6.45, 7) is 0.733. The first-order valence-corrected chi connectivity index (χ1v) is 6.39. The Morgan fingerprint density at radius 2 is 2.06 bits per heavy atom. The lowest BCUT2D eigenvalue weighted by Crippen LogP contribution is -2.32. The van der Waals surface area contributed by atoms with E-state index < -0.39 is 5.60 Å². The third kappa shape index (κ3) is 2.94. The minimum absolute atomic E-state index is 0.340. The molecule has 18 heavy (non-hydrogen) atoms. The highest BCUT2D eigenvalue weighted by molar-refractivity contribution is 5.40. The molecule has 1 fully saturated rings. The van der Waals surface area contributed by atoms with Gasteiger partial charge in [0.2, 0.25) is 0 Å². The molecule has 0 aliphatic heterocycles. The van der Waals surface area contributed by atoms with Gasteiger partial charge in [0.1, 0.15) is 18.1 Å². The summed E-state index contributed by atoms with van der Waals surface area (Å²) in [7, 11) is 1.62. The highest BCUT2D eigenvalue weighted by Crippen LogP contribution is 2.31. The number of aliphatic hydroxyl groups is 1. The van der Waals surface area contributed by atoms with Gasteiger partial charge < -0.3 is 20.3 Å². The Kier molecular flexibility index (Phi) is 4.09. The number of hydrogen-bond donors (Lipinski definition) is 2. The molecule has 2 rings (SSSR count). The van der Waals surface area contributed by atoms with E-state index in [9.17, 15) is 5.11 Å². The van der Waals surface area contributed by atoms with Gasteiger partial charge in [0.15, 0.2) is 0 Å². The molecule has 100 valence electrons. The third-order valence-corrected chi connectivity index (χ3v) is 3.52. The molecule has 0 aromatic heterocycles. The van der Waals surface area contributed by atoms with Gasteiger partial charge >= 0.3 is 0 Å². The van der Waals surface area contributed by atoms with Crippen molar-refractivity contribution in [3.63, 3.8) is 0 Å². The summed E-state index contributed by atoms with van der Waals surface area (Å²) in [4.78, 5) is 0. The van der Waals surface area contributed by atoms with Crippen LogP contribution in [0.5, 0.6) is 11.5 Å². The molecule has 1 aromatic rings. The van der Waals surface area contributed by atoms with Crippen LogP contribution in [0, 0.1) is 0 Å². The van der Waals surface area contributed by atoms with Crippen molar-refractivity contribution < 1.29 is 14.6 Å². The normalized spacial score (nSPS) is 17.7. The maximum absolute atomic E-state index is 10.2. The maximum atomic E-state index is 10.2. The summed E-state index contributed by atoms with van der Waals surface area (Å²) in [6.07, 6.45) is 3.79. The monoisotopic (exact) mass is 251 g/mol. The number of ether oxygens (including phenoxy) is 2. The lowest BCUT2D eigenvalue weighted by atomic mass is 10.0. The summed E-state index contributed by atoms with van der Waals surface area (Å²) in [5.41, 5.74) is 5.93. The van der Waals surface area contributed by atoms with E-state index in [0.29, 0.717) is 13.2 Å². The molecule has 1 saturated carbocycles. The number of hydrogen-bond acceptors (Lipinski definition) is 4. The van der Waals surface area contributed by atoms with Crippen LogP contribution in [0.25, 0.3) is 0 Å². The van der Waals surface area contributed by atoms with Crippen LogP contribution < -0.4 is 15.2 Å². The molecule has 0 spiro atoms. The lowest BCUT2D eigenvalue weighted by molar-refractivity contribution is 0.00113. The minimum Gasteiger partial charge on any atom is -0.497 e. The van der Waals surface area contributed by atoms with E-state index >= 15 is 0 Å². The molecule has 0 atom stereocenters. The first-order chi connectivity index (χ1) is 8.67. The molecule has 1 aliphatic rings. The van der Waals surface area contributed by atoms with E-state index in [1.54, 1.807) is 7.11 Å².